The molecule has 0 bridgehead atoms. The molecule has 0 amide bonds. The third kappa shape index (κ3) is 3.83. The van der Waals surface area contributed by atoms with Gasteiger partial charge < -0.3 is 15.2 Å². The Hall–Kier alpha value is -1.84. The number of rotatable bonds is 6. The molecule has 0 saturated carbocycles. The normalized spacial score (nSPS) is 10.6. The molecule has 2 aromatic carbocycles. The van der Waals surface area contributed by atoms with Gasteiger partial charge in [-0.3, -0.25) is 0 Å². The summed E-state index contributed by atoms with van der Waals surface area (Å²) in [5.41, 5.74) is 10.1. The van der Waals surface area contributed by atoms with Crippen LogP contribution in [-0.2, 0) is 17.9 Å². The number of aryl methyl sites for hydroxylation is 2. The zero-order chi connectivity index (χ0) is 14.4. The van der Waals surface area contributed by atoms with Gasteiger partial charge in [-0.05, 0) is 36.1 Å². The van der Waals surface area contributed by atoms with Crippen LogP contribution >= 0.6 is 0 Å². The maximum atomic E-state index is 5.73. The van der Waals surface area contributed by atoms with Crippen molar-refractivity contribution in [2.75, 3.05) is 6.79 Å². The fourth-order valence-electron chi connectivity index (χ4n) is 2.22. The van der Waals surface area contributed by atoms with Crippen LogP contribution in [0.1, 0.15) is 22.3 Å². The summed E-state index contributed by atoms with van der Waals surface area (Å²) in [6.45, 7) is 5.40. The molecule has 3 nitrogen and oxygen atoms in total. The third-order valence-corrected chi connectivity index (χ3v) is 3.15. The van der Waals surface area contributed by atoms with Crippen molar-refractivity contribution < 1.29 is 9.47 Å². The fraction of sp³-hybridized carbons (Fsp3) is 0.294. The topological polar surface area (TPSA) is 44.5 Å². The summed E-state index contributed by atoms with van der Waals surface area (Å²) in [5, 5.41) is 0. The second-order valence-electron chi connectivity index (χ2n) is 4.86. The third-order valence-electron chi connectivity index (χ3n) is 3.15. The van der Waals surface area contributed by atoms with E-state index in [1.807, 2.05) is 44.2 Å². The molecular formula is C17H21NO2. The highest BCUT2D eigenvalue weighted by atomic mass is 16.7. The largest absolute Gasteiger partial charge is 0.467 e. The zero-order valence-electron chi connectivity index (χ0n) is 12.1. The first-order chi connectivity index (χ1) is 9.70. The van der Waals surface area contributed by atoms with Gasteiger partial charge in [-0.1, -0.05) is 42.5 Å². The van der Waals surface area contributed by atoms with Crippen molar-refractivity contribution in [1.29, 1.82) is 0 Å². The zero-order valence-corrected chi connectivity index (χ0v) is 12.1. The molecule has 106 valence electrons. The molecule has 3 heteroatoms. The molecule has 0 atom stereocenters. The predicted octanol–water partition coefficient (Wildman–Crippen LogP) is 3.32. The van der Waals surface area contributed by atoms with Crippen molar-refractivity contribution in [2.24, 2.45) is 5.73 Å². The first kappa shape index (κ1) is 14.6. The first-order valence-corrected chi connectivity index (χ1v) is 6.75. The highest BCUT2D eigenvalue weighted by Crippen LogP contribution is 2.24. The van der Waals surface area contributed by atoms with E-state index < -0.39 is 0 Å². The van der Waals surface area contributed by atoms with E-state index in [9.17, 15) is 0 Å². The van der Waals surface area contributed by atoms with Crippen molar-refractivity contribution >= 4 is 0 Å². The van der Waals surface area contributed by atoms with Gasteiger partial charge in [-0.25, -0.2) is 0 Å². The smallest absolute Gasteiger partial charge is 0.189 e. The van der Waals surface area contributed by atoms with Gasteiger partial charge in [0.1, 0.15) is 5.75 Å². The summed E-state index contributed by atoms with van der Waals surface area (Å²) < 4.78 is 11.3. The molecule has 2 aromatic rings. The lowest BCUT2D eigenvalue weighted by molar-refractivity contribution is 0.00430. The van der Waals surface area contributed by atoms with Crippen LogP contribution in [0.5, 0.6) is 5.75 Å². The molecule has 2 N–H and O–H groups in total. The van der Waals surface area contributed by atoms with E-state index in [0.29, 0.717) is 13.2 Å². The van der Waals surface area contributed by atoms with E-state index in [1.165, 1.54) is 0 Å². The Kier molecular flexibility index (Phi) is 5.16. The fourth-order valence-corrected chi connectivity index (χ4v) is 2.22. The van der Waals surface area contributed by atoms with E-state index in [2.05, 4.69) is 12.1 Å². The monoisotopic (exact) mass is 271 g/mol. The predicted molar refractivity (Wildman–Crippen MR) is 80.5 cm³/mol. The molecule has 0 radical (unpaired) electrons. The Morgan fingerprint density at radius 1 is 0.950 bits per heavy atom. The van der Waals surface area contributed by atoms with Crippen molar-refractivity contribution in [2.45, 2.75) is 27.0 Å². The van der Waals surface area contributed by atoms with Gasteiger partial charge in [0.15, 0.2) is 6.79 Å². The standard InChI is InChI=1S/C17H21NO2/c1-13-8-16(10-18)9-14(2)17(13)20-12-19-11-15-6-4-3-5-7-15/h3-9H,10-12,18H2,1-2H3. The molecule has 0 aromatic heterocycles. The Morgan fingerprint density at radius 3 is 2.20 bits per heavy atom. The number of hydrogen-bond acceptors (Lipinski definition) is 3. The van der Waals surface area contributed by atoms with Crippen LogP contribution in [0, 0.1) is 13.8 Å². The molecule has 0 heterocycles. The average molecular weight is 271 g/mol. The SMILES string of the molecule is Cc1cc(CN)cc(C)c1OCOCc1ccccc1. The van der Waals surface area contributed by atoms with Crippen molar-refractivity contribution in [3.8, 4) is 5.75 Å². The highest BCUT2D eigenvalue weighted by Gasteiger charge is 2.06. The van der Waals surface area contributed by atoms with Gasteiger partial charge in [0.2, 0.25) is 0 Å². The van der Waals surface area contributed by atoms with E-state index >= 15 is 0 Å². The quantitative estimate of drug-likeness (QED) is 0.647. The Balaban J connectivity index is 1.88. The Morgan fingerprint density at radius 2 is 1.60 bits per heavy atom. The summed E-state index contributed by atoms with van der Waals surface area (Å²) in [4.78, 5) is 0. The lowest BCUT2D eigenvalue weighted by Crippen LogP contribution is -2.06. The first-order valence-electron chi connectivity index (χ1n) is 6.75. The van der Waals surface area contributed by atoms with Crippen LogP contribution in [0.3, 0.4) is 0 Å². The van der Waals surface area contributed by atoms with Crippen LogP contribution in [0.25, 0.3) is 0 Å². The summed E-state index contributed by atoms with van der Waals surface area (Å²) >= 11 is 0. The minimum Gasteiger partial charge on any atom is -0.467 e. The molecule has 0 fully saturated rings. The summed E-state index contributed by atoms with van der Waals surface area (Å²) in [6.07, 6.45) is 0. The van der Waals surface area contributed by atoms with Crippen LogP contribution in [0.4, 0.5) is 0 Å². The number of ether oxygens (including phenoxy) is 2. The number of benzene rings is 2. The van der Waals surface area contributed by atoms with E-state index in [0.717, 1.165) is 28.0 Å². The van der Waals surface area contributed by atoms with Crippen LogP contribution in [0.15, 0.2) is 42.5 Å². The Bertz CT molecular complexity index is 529. The van der Waals surface area contributed by atoms with Crippen molar-refractivity contribution in [1.82, 2.24) is 0 Å². The van der Waals surface area contributed by atoms with Crippen molar-refractivity contribution in [3.63, 3.8) is 0 Å². The van der Waals surface area contributed by atoms with E-state index in [4.69, 9.17) is 15.2 Å². The summed E-state index contributed by atoms with van der Waals surface area (Å²) in [5.74, 6) is 0.885. The maximum Gasteiger partial charge on any atom is 0.189 e. The van der Waals surface area contributed by atoms with Gasteiger partial charge in [-0.2, -0.15) is 0 Å². The number of hydrogen-bond donors (Lipinski definition) is 1. The minimum absolute atomic E-state index is 0.249. The molecule has 0 aliphatic heterocycles. The second kappa shape index (κ2) is 7.08. The molecule has 20 heavy (non-hydrogen) atoms. The molecule has 0 spiro atoms. The second-order valence-corrected chi connectivity index (χ2v) is 4.86. The Labute approximate surface area is 120 Å². The average Bonchev–Trinajstić information content (AvgIpc) is 2.46. The molecule has 2 rings (SSSR count). The van der Waals surface area contributed by atoms with Crippen LogP contribution in [-0.4, -0.2) is 6.79 Å². The lowest BCUT2D eigenvalue weighted by atomic mass is 10.1. The molecular weight excluding hydrogens is 250 g/mol. The number of nitrogens with two attached hydrogens (primary N) is 1. The molecule has 0 unspecified atom stereocenters. The van der Waals surface area contributed by atoms with E-state index in [-0.39, 0.29) is 6.79 Å². The summed E-state index contributed by atoms with van der Waals surface area (Å²) in [6, 6.07) is 14.2. The van der Waals surface area contributed by atoms with E-state index in [1.54, 1.807) is 0 Å². The highest BCUT2D eigenvalue weighted by molar-refractivity contribution is 5.43. The van der Waals surface area contributed by atoms with Gasteiger partial charge in [-0.15, -0.1) is 0 Å². The molecule has 0 aliphatic carbocycles. The van der Waals surface area contributed by atoms with Crippen LogP contribution < -0.4 is 10.5 Å². The van der Waals surface area contributed by atoms with Crippen LogP contribution in [0.2, 0.25) is 0 Å². The molecule has 0 saturated heterocycles. The maximum absolute atomic E-state index is 5.73. The van der Waals surface area contributed by atoms with Gasteiger partial charge in [0.05, 0.1) is 6.61 Å². The van der Waals surface area contributed by atoms with Gasteiger partial charge in [0.25, 0.3) is 0 Å². The lowest BCUT2D eigenvalue weighted by Gasteiger charge is -2.13. The minimum atomic E-state index is 0.249. The van der Waals surface area contributed by atoms with Gasteiger partial charge >= 0.3 is 0 Å². The summed E-state index contributed by atoms with van der Waals surface area (Å²) in [7, 11) is 0. The molecule has 0 aliphatic rings. The van der Waals surface area contributed by atoms with Crippen molar-refractivity contribution in [3.05, 3.63) is 64.7 Å². The van der Waals surface area contributed by atoms with Gasteiger partial charge in [0, 0.05) is 6.54 Å².